The van der Waals surface area contributed by atoms with Crippen LogP contribution in [0.15, 0.2) is 23.4 Å². The van der Waals surface area contributed by atoms with E-state index in [0.717, 1.165) is 30.5 Å². The van der Waals surface area contributed by atoms with E-state index in [1.165, 1.54) is 6.20 Å². The second kappa shape index (κ2) is 7.66. The summed E-state index contributed by atoms with van der Waals surface area (Å²) >= 11 is 0. The van der Waals surface area contributed by atoms with Gasteiger partial charge in [-0.3, -0.25) is 5.10 Å². The van der Waals surface area contributed by atoms with E-state index in [1.807, 2.05) is 26.0 Å². The van der Waals surface area contributed by atoms with Crippen LogP contribution in [-0.2, 0) is 21.0 Å². The molecule has 0 unspecified atom stereocenters. The third-order valence-electron chi connectivity index (χ3n) is 5.23. The van der Waals surface area contributed by atoms with Crippen LogP contribution in [0.1, 0.15) is 50.3 Å². The number of nitrogens with one attached hydrogen (secondary N) is 3. The lowest BCUT2D eigenvalue weighted by Crippen LogP contribution is -2.33. The van der Waals surface area contributed by atoms with Crippen LogP contribution in [0, 0.1) is 0 Å². The molecule has 1 aliphatic heterocycles. The summed E-state index contributed by atoms with van der Waals surface area (Å²) in [5, 5.41) is 13.5. The molecule has 9 nitrogen and oxygen atoms in total. The Bertz CT molecular complexity index is 1020. The first-order valence-electron chi connectivity index (χ1n) is 9.81. The van der Waals surface area contributed by atoms with Crippen molar-refractivity contribution in [2.45, 2.75) is 62.6 Å². The highest BCUT2D eigenvalue weighted by Crippen LogP contribution is 2.36. The second-order valence-electron chi connectivity index (χ2n) is 7.93. The number of amides is 1. The molecule has 29 heavy (non-hydrogen) atoms. The molecule has 4 rings (SSSR count). The first-order valence-corrected chi connectivity index (χ1v) is 11.5. The number of sulfone groups is 1. The van der Waals surface area contributed by atoms with Crippen molar-refractivity contribution < 1.29 is 17.9 Å². The Morgan fingerprint density at radius 2 is 2.14 bits per heavy atom. The number of aromatic amines is 1. The van der Waals surface area contributed by atoms with Crippen LogP contribution in [0.25, 0.3) is 0 Å². The lowest BCUT2D eigenvalue weighted by atomic mass is 10.0. The number of fused-ring (bicyclic) bond motifs is 1. The largest absolute Gasteiger partial charge is 0.446 e. The number of carbonyl (C=O) groups excluding carboxylic acids is 1. The molecule has 0 spiro atoms. The average Bonchev–Trinajstić information content (AvgIpc) is 3.34. The molecule has 3 N–H and O–H groups in total. The van der Waals surface area contributed by atoms with Crippen molar-refractivity contribution in [2.75, 3.05) is 11.1 Å². The van der Waals surface area contributed by atoms with E-state index in [1.54, 1.807) is 0 Å². The van der Waals surface area contributed by atoms with Crippen LogP contribution in [-0.4, -0.2) is 47.6 Å². The smallest absolute Gasteiger partial charge is 0.407 e. The number of aryl methyl sites for hydroxylation is 1. The summed E-state index contributed by atoms with van der Waals surface area (Å²) in [6.45, 7) is 3.79. The molecule has 0 radical (unpaired) electrons. The number of rotatable bonds is 5. The van der Waals surface area contributed by atoms with Crippen molar-refractivity contribution in [1.82, 2.24) is 20.5 Å². The molecule has 2 aromatic heterocycles. The van der Waals surface area contributed by atoms with Gasteiger partial charge in [0.25, 0.3) is 0 Å². The summed E-state index contributed by atoms with van der Waals surface area (Å²) < 4.78 is 29.2. The number of anilines is 2. The van der Waals surface area contributed by atoms with Crippen molar-refractivity contribution in [3.63, 3.8) is 0 Å². The van der Waals surface area contributed by atoms with Gasteiger partial charge in [0.2, 0.25) is 0 Å². The number of hydrogen-bond donors (Lipinski definition) is 3. The molecule has 156 valence electrons. The van der Waals surface area contributed by atoms with Gasteiger partial charge in [-0.25, -0.2) is 18.2 Å². The van der Waals surface area contributed by atoms with Crippen LogP contribution in [0.3, 0.4) is 0 Å². The minimum absolute atomic E-state index is 0.0507. The van der Waals surface area contributed by atoms with E-state index < -0.39 is 9.84 Å². The normalized spacial score (nSPS) is 22.4. The molecule has 1 amide bonds. The minimum Gasteiger partial charge on any atom is -0.446 e. The molecule has 2 aliphatic rings. The number of aromatic nitrogens is 3. The molecular weight excluding hydrogens is 394 g/mol. The number of carbonyl (C=O) groups is 1. The topological polar surface area (TPSA) is 126 Å². The van der Waals surface area contributed by atoms with Gasteiger partial charge >= 0.3 is 6.09 Å². The fraction of sp³-hybridized carbons (Fsp3) is 0.526. The van der Waals surface area contributed by atoms with E-state index in [2.05, 4.69) is 25.8 Å². The zero-order valence-electron chi connectivity index (χ0n) is 16.4. The predicted octanol–water partition coefficient (Wildman–Crippen LogP) is 2.65. The number of pyridine rings is 1. The average molecular weight is 420 g/mol. The molecule has 2 atom stereocenters. The van der Waals surface area contributed by atoms with E-state index >= 15 is 0 Å². The van der Waals surface area contributed by atoms with Crippen LogP contribution >= 0.6 is 0 Å². The maximum absolute atomic E-state index is 11.9. The Balaban J connectivity index is 1.37. The van der Waals surface area contributed by atoms with Gasteiger partial charge in [0, 0.05) is 23.7 Å². The summed E-state index contributed by atoms with van der Waals surface area (Å²) in [5.41, 5.74) is 2.43. The third-order valence-corrected chi connectivity index (χ3v) is 6.93. The summed E-state index contributed by atoms with van der Waals surface area (Å²) in [6, 6.07) is 3.80. The Morgan fingerprint density at radius 3 is 2.93 bits per heavy atom. The highest BCUT2D eigenvalue weighted by atomic mass is 32.2. The molecule has 0 saturated heterocycles. The summed E-state index contributed by atoms with van der Waals surface area (Å²) in [6.07, 6.45) is 4.03. The number of hydrogen-bond acceptors (Lipinski definition) is 7. The molecule has 2 aromatic rings. The lowest BCUT2D eigenvalue weighted by Gasteiger charge is -2.14. The first-order chi connectivity index (χ1) is 13.8. The van der Waals surface area contributed by atoms with Gasteiger partial charge in [0.05, 0.1) is 17.6 Å². The Kier molecular flexibility index (Phi) is 5.20. The van der Waals surface area contributed by atoms with Crippen LogP contribution in [0.5, 0.6) is 0 Å². The summed E-state index contributed by atoms with van der Waals surface area (Å²) in [5.74, 6) is 1.01. The molecule has 0 aromatic carbocycles. The van der Waals surface area contributed by atoms with Gasteiger partial charge in [0.15, 0.2) is 20.7 Å². The van der Waals surface area contributed by atoms with Crippen molar-refractivity contribution in [3.8, 4) is 0 Å². The molecule has 1 saturated carbocycles. The van der Waals surface area contributed by atoms with Crippen molar-refractivity contribution in [2.24, 2.45) is 0 Å². The van der Waals surface area contributed by atoms with E-state index in [9.17, 15) is 13.2 Å². The molecule has 1 aliphatic carbocycles. The van der Waals surface area contributed by atoms with Gasteiger partial charge in [-0.2, -0.15) is 5.10 Å². The number of H-pyrrole nitrogens is 1. The molecular formula is C19H25N5O4S. The SMILES string of the molecule is CC(C)NC(=O)O[C@@H]1CC[C@H](c2cc(Nc3cnc4c(c3)CCS4(=O)=O)n[nH]2)C1. The summed E-state index contributed by atoms with van der Waals surface area (Å²) in [4.78, 5) is 15.9. The molecule has 0 bridgehead atoms. The maximum atomic E-state index is 11.9. The zero-order chi connectivity index (χ0) is 20.6. The van der Waals surface area contributed by atoms with Crippen molar-refractivity contribution >= 4 is 27.4 Å². The predicted molar refractivity (Wildman–Crippen MR) is 107 cm³/mol. The Labute approximate surface area is 169 Å². The number of nitrogens with zero attached hydrogens (tertiary/aromatic N) is 2. The van der Waals surface area contributed by atoms with Crippen LogP contribution in [0.4, 0.5) is 16.3 Å². The highest BCUT2D eigenvalue weighted by Gasteiger charge is 2.30. The summed E-state index contributed by atoms with van der Waals surface area (Å²) in [7, 11) is -3.22. The molecule has 3 heterocycles. The monoisotopic (exact) mass is 419 g/mol. The van der Waals surface area contributed by atoms with Gasteiger partial charge in [0.1, 0.15) is 6.10 Å². The first kappa shape index (κ1) is 19.7. The Morgan fingerprint density at radius 1 is 1.31 bits per heavy atom. The molecule has 1 fully saturated rings. The fourth-order valence-electron chi connectivity index (χ4n) is 3.87. The maximum Gasteiger partial charge on any atom is 0.407 e. The highest BCUT2D eigenvalue weighted by molar-refractivity contribution is 7.91. The number of ether oxygens (including phenoxy) is 1. The van der Waals surface area contributed by atoms with Crippen LogP contribution < -0.4 is 10.6 Å². The van der Waals surface area contributed by atoms with E-state index in [4.69, 9.17) is 4.74 Å². The van der Waals surface area contributed by atoms with Gasteiger partial charge < -0.3 is 15.4 Å². The van der Waals surface area contributed by atoms with Gasteiger partial charge in [-0.15, -0.1) is 0 Å². The zero-order valence-corrected chi connectivity index (χ0v) is 17.3. The van der Waals surface area contributed by atoms with Crippen molar-refractivity contribution in [1.29, 1.82) is 0 Å². The fourth-order valence-corrected chi connectivity index (χ4v) is 5.33. The van der Waals surface area contributed by atoms with E-state index in [-0.39, 0.29) is 34.9 Å². The standard InChI is InChI=1S/C19H25N5O4S/c1-11(2)21-19(25)28-15-4-3-12(8-15)16-9-17(24-23-16)22-14-7-13-5-6-29(26,27)18(13)20-10-14/h7,9-12,15H,3-6,8H2,1-2H3,(H,21,25)(H2,22,23,24)/t12-,15+/m0/s1. The minimum atomic E-state index is -3.22. The Hall–Kier alpha value is -2.62. The molecule has 10 heteroatoms. The lowest BCUT2D eigenvalue weighted by molar-refractivity contribution is 0.0981. The van der Waals surface area contributed by atoms with Gasteiger partial charge in [-0.1, -0.05) is 0 Å². The van der Waals surface area contributed by atoms with Crippen molar-refractivity contribution in [3.05, 3.63) is 29.6 Å². The third kappa shape index (κ3) is 4.36. The second-order valence-corrected chi connectivity index (χ2v) is 9.95. The van der Waals surface area contributed by atoms with E-state index in [0.29, 0.717) is 17.9 Å². The van der Waals surface area contributed by atoms with Gasteiger partial charge in [-0.05, 0) is 51.2 Å². The quantitative estimate of drug-likeness (QED) is 0.680. The van der Waals surface area contributed by atoms with Crippen LogP contribution in [0.2, 0.25) is 0 Å². The number of alkyl carbamates (subject to hydrolysis) is 1.